The van der Waals surface area contributed by atoms with Crippen LogP contribution in [0.2, 0.25) is 0 Å². The van der Waals surface area contributed by atoms with Crippen LogP contribution >= 0.6 is 11.8 Å². The third-order valence-corrected chi connectivity index (χ3v) is 3.92. The SMILES string of the molecule is CCCn1nnnc1SCC(=O)c1cc(C)ccc1C. The van der Waals surface area contributed by atoms with E-state index in [0.29, 0.717) is 10.9 Å². The number of carbonyl (C=O) groups excluding carboxylic acids is 1. The molecule has 1 heterocycles. The molecular weight excluding hydrogens is 272 g/mol. The van der Waals surface area contributed by atoms with Crippen molar-refractivity contribution in [3.8, 4) is 0 Å². The van der Waals surface area contributed by atoms with Gasteiger partial charge in [0.05, 0.1) is 5.75 Å². The van der Waals surface area contributed by atoms with Gasteiger partial charge in [-0.2, -0.15) is 0 Å². The number of ketones is 1. The summed E-state index contributed by atoms with van der Waals surface area (Å²) in [4.78, 5) is 12.3. The van der Waals surface area contributed by atoms with Crippen molar-refractivity contribution in [3.63, 3.8) is 0 Å². The van der Waals surface area contributed by atoms with Gasteiger partial charge in [0.2, 0.25) is 5.16 Å². The predicted molar refractivity (Wildman–Crippen MR) is 79.1 cm³/mol. The van der Waals surface area contributed by atoms with E-state index >= 15 is 0 Å². The van der Waals surface area contributed by atoms with Crippen LogP contribution in [0.4, 0.5) is 0 Å². The number of aromatic nitrogens is 4. The van der Waals surface area contributed by atoms with Crippen LogP contribution < -0.4 is 0 Å². The van der Waals surface area contributed by atoms with Crippen LogP contribution in [0, 0.1) is 13.8 Å². The zero-order valence-electron chi connectivity index (χ0n) is 12.0. The van der Waals surface area contributed by atoms with Gasteiger partial charge < -0.3 is 0 Å². The van der Waals surface area contributed by atoms with Crippen molar-refractivity contribution in [1.29, 1.82) is 0 Å². The van der Waals surface area contributed by atoms with Gasteiger partial charge in [0.1, 0.15) is 0 Å². The lowest BCUT2D eigenvalue weighted by Crippen LogP contribution is -2.07. The maximum Gasteiger partial charge on any atom is 0.209 e. The summed E-state index contributed by atoms with van der Waals surface area (Å²) in [6.07, 6.45) is 0.962. The standard InChI is InChI=1S/C14H18N4OS/c1-4-7-18-14(15-16-17-18)20-9-13(19)12-8-10(2)5-6-11(12)3/h5-6,8H,4,7,9H2,1-3H3. The van der Waals surface area contributed by atoms with E-state index in [9.17, 15) is 4.79 Å². The van der Waals surface area contributed by atoms with E-state index in [0.717, 1.165) is 29.7 Å². The van der Waals surface area contributed by atoms with Crippen molar-refractivity contribution in [3.05, 3.63) is 34.9 Å². The monoisotopic (exact) mass is 290 g/mol. The summed E-state index contributed by atoms with van der Waals surface area (Å²) >= 11 is 1.39. The minimum Gasteiger partial charge on any atom is -0.293 e. The summed E-state index contributed by atoms with van der Waals surface area (Å²) in [7, 11) is 0. The smallest absolute Gasteiger partial charge is 0.209 e. The summed E-state index contributed by atoms with van der Waals surface area (Å²) in [6.45, 7) is 6.79. The average molecular weight is 290 g/mol. The van der Waals surface area contributed by atoms with Crippen molar-refractivity contribution in [1.82, 2.24) is 20.2 Å². The first-order valence-electron chi connectivity index (χ1n) is 6.61. The number of carbonyl (C=O) groups is 1. The fourth-order valence-corrected chi connectivity index (χ4v) is 2.68. The van der Waals surface area contributed by atoms with Crippen molar-refractivity contribution >= 4 is 17.5 Å². The van der Waals surface area contributed by atoms with Gasteiger partial charge in [-0.15, -0.1) is 5.10 Å². The Bertz CT molecular complexity index is 609. The van der Waals surface area contributed by atoms with E-state index in [2.05, 4.69) is 22.4 Å². The lowest BCUT2D eigenvalue weighted by atomic mass is 10.0. The van der Waals surface area contributed by atoms with Gasteiger partial charge in [-0.25, -0.2) is 4.68 Å². The molecule has 6 heteroatoms. The highest BCUT2D eigenvalue weighted by Crippen LogP contribution is 2.18. The molecule has 0 unspecified atom stereocenters. The zero-order chi connectivity index (χ0) is 14.5. The van der Waals surface area contributed by atoms with Crippen LogP contribution in [0.15, 0.2) is 23.4 Å². The fraction of sp³-hybridized carbons (Fsp3) is 0.429. The number of nitrogens with zero attached hydrogens (tertiary/aromatic N) is 4. The largest absolute Gasteiger partial charge is 0.293 e. The van der Waals surface area contributed by atoms with Crippen LogP contribution in [0.5, 0.6) is 0 Å². The van der Waals surface area contributed by atoms with Crippen LogP contribution in [0.25, 0.3) is 0 Å². The van der Waals surface area contributed by atoms with E-state index in [4.69, 9.17) is 0 Å². The van der Waals surface area contributed by atoms with E-state index in [1.807, 2.05) is 32.0 Å². The summed E-state index contributed by atoms with van der Waals surface area (Å²) in [5.74, 6) is 0.469. The highest BCUT2D eigenvalue weighted by Gasteiger charge is 2.13. The Morgan fingerprint density at radius 2 is 2.15 bits per heavy atom. The highest BCUT2D eigenvalue weighted by atomic mass is 32.2. The third-order valence-electron chi connectivity index (χ3n) is 2.96. The first-order chi connectivity index (χ1) is 9.61. The first kappa shape index (κ1) is 14.7. The van der Waals surface area contributed by atoms with Crippen LogP contribution in [-0.4, -0.2) is 31.7 Å². The Balaban J connectivity index is 2.05. The molecule has 2 rings (SSSR count). The molecule has 0 aliphatic rings. The second-order valence-electron chi connectivity index (χ2n) is 4.71. The molecule has 1 aromatic carbocycles. The van der Waals surface area contributed by atoms with Crippen LogP contribution in [-0.2, 0) is 6.54 Å². The summed E-state index contributed by atoms with van der Waals surface area (Å²) < 4.78 is 1.74. The molecule has 0 fully saturated rings. The molecule has 5 nitrogen and oxygen atoms in total. The molecule has 0 radical (unpaired) electrons. The molecule has 2 aromatic rings. The molecule has 1 aromatic heterocycles. The van der Waals surface area contributed by atoms with E-state index in [-0.39, 0.29) is 5.78 Å². The summed E-state index contributed by atoms with van der Waals surface area (Å²) in [6, 6.07) is 5.93. The number of hydrogen-bond acceptors (Lipinski definition) is 5. The Morgan fingerprint density at radius 3 is 2.90 bits per heavy atom. The van der Waals surface area contributed by atoms with Gasteiger partial charge in [0, 0.05) is 12.1 Å². The number of hydrogen-bond donors (Lipinski definition) is 0. The maximum absolute atomic E-state index is 12.3. The Labute approximate surface area is 122 Å². The van der Waals surface area contributed by atoms with E-state index < -0.39 is 0 Å². The molecule has 0 saturated heterocycles. The summed E-state index contributed by atoms with van der Waals surface area (Å²) in [5.41, 5.74) is 2.89. The average Bonchev–Trinajstić information content (AvgIpc) is 2.87. The molecular formula is C14H18N4OS. The lowest BCUT2D eigenvalue weighted by molar-refractivity contribution is 0.102. The number of tetrazole rings is 1. The van der Waals surface area contributed by atoms with Gasteiger partial charge in [0.25, 0.3) is 0 Å². The summed E-state index contributed by atoms with van der Waals surface area (Å²) in [5, 5.41) is 12.2. The minimum absolute atomic E-state index is 0.113. The molecule has 0 aliphatic heterocycles. The van der Waals surface area contributed by atoms with Crippen molar-refractivity contribution in [2.75, 3.05) is 5.75 Å². The number of Topliss-reactive ketones (excluding diaryl/α,β-unsaturated/α-hetero) is 1. The lowest BCUT2D eigenvalue weighted by Gasteiger charge is -2.06. The zero-order valence-corrected chi connectivity index (χ0v) is 12.8. The second kappa shape index (κ2) is 6.65. The normalized spacial score (nSPS) is 10.8. The van der Waals surface area contributed by atoms with Crippen LogP contribution in [0.1, 0.15) is 34.8 Å². The molecule has 0 N–H and O–H groups in total. The first-order valence-corrected chi connectivity index (χ1v) is 7.59. The van der Waals surface area contributed by atoms with Crippen molar-refractivity contribution in [2.24, 2.45) is 0 Å². The second-order valence-corrected chi connectivity index (χ2v) is 5.66. The van der Waals surface area contributed by atoms with Crippen molar-refractivity contribution < 1.29 is 4.79 Å². The fourth-order valence-electron chi connectivity index (χ4n) is 1.90. The third kappa shape index (κ3) is 3.45. The number of thioether (sulfide) groups is 1. The molecule has 0 saturated carbocycles. The van der Waals surface area contributed by atoms with E-state index in [1.54, 1.807) is 4.68 Å². The Morgan fingerprint density at radius 1 is 1.35 bits per heavy atom. The highest BCUT2D eigenvalue weighted by molar-refractivity contribution is 7.99. The minimum atomic E-state index is 0.113. The van der Waals surface area contributed by atoms with E-state index in [1.165, 1.54) is 11.8 Å². The van der Waals surface area contributed by atoms with Gasteiger partial charge in [-0.1, -0.05) is 36.4 Å². The van der Waals surface area contributed by atoms with Gasteiger partial charge in [0.15, 0.2) is 5.78 Å². The van der Waals surface area contributed by atoms with Crippen molar-refractivity contribution in [2.45, 2.75) is 38.9 Å². The molecule has 0 aliphatic carbocycles. The molecule has 0 spiro atoms. The van der Waals surface area contributed by atoms with Gasteiger partial charge in [-0.3, -0.25) is 4.79 Å². The number of benzene rings is 1. The molecule has 0 amide bonds. The molecule has 0 atom stereocenters. The van der Waals surface area contributed by atoms with Gasteiger partial charge >= 0.3 is 0 Å². The predicted octanol–water partition coefficient (Wildman–Crippen LogP) is 2.67. The Hall–Kier alpha value is -1.69. The topological polar surface area (TPSA) is 60.7 Å². The Kier molecular flexibility index (Phi) is 4.89. The maximum atomic E-state index is 12.3. The molecule has 106 valence electrons. The van der Waals surface area contributed by atoms with Crippen LogP contribution in [0.3, 0.4) is 0 Å². The number of rotatable bonds is 6. The number of aryl methyl sites for hydroxylation is 3. The van der Waals surface area contributed by atoms with Gasteiger partial charge in [-0.05, 0) is 42.3 Å². The molecule has 0 bridgehead atoms. The molecule has 20 heavy (non-hydrogen) atoms. The quantitative estimate of drug-likeness (QED) is 0.604.